The van der Waals surface area contributed by atoms with Gasteiger partial charge < -0.3 is 25.2 Å². The smallest absolute Gasteiger partial charge is 0.315 e. The number of benzene rings is 3. The van der Waals surface area contributed by atoms with Crippen molar-refractivity contribution in [2.75, 3.05) is 20.3 Å². The van der Waals surface area contributed by atoms with Crippen LogP contribution in [0.3, 0.4) is 0 Å². The molecular formula is C26H28N2O4. The molecule has 1 aliphatic heterocycles. The Bertz CT molecular complexity index is 1070. The van der Waals surface area contributed by atoms with Crippen LogP contribution in [0.15, 0.2) is 66.7 Å². The maximum Gasteiger partial charge on any atom is 0.315 e. The lowest BCUT2D eigenvalue weighted by Crippen LogP contribution is -2.39. The van der Waals surface area contributed by atoms with Crippen LogP contribution in [0.2, 0.25) is 0 Å². The van der Waals surface area contributed by atoms with Gasteiger partial charge in [-0.2, -0.15) is 0 Å². The van der Waals surface area contributed by atoms with Gasteiger partial charge >= 0.3 is 6.03 Å². The summed E-state index contributed by atoms with van der Waals surface area (Å²) in [4.78, 5) is 12.7. The van der Waals surface area contributed by atoms with Gasteiger partial charge in [0.05, 0.1) is 19.8 Å². The quantitative estimate of drug-likeness (QED) is 0.518. The summed E-state index contributed by atoms with van der Waals surface area (Å²) >= 11 is 0. The Morgan fingerprint density at radius 2 is 1.94 bits per heavy atom. The van der Waals surface area contributed by atoms with Crippen molar-refractivity contribution in [2.45, 2.75) is 25.3 Å². The Morgan fingerprint density at radius 3 is 2.75 bits per heavy atom. The average Bonchev–Trinajstić information content (AvgIpc) is 2.84. The summed E-state index contributed by atoms with van der Waals surface area (Å²) in [7, 11) is 1.51. The zero-order valence-electron chi connectivity index (χ0n) is 18.1. The van der Waals surface area contributed by atoms with Gasteiger partial charge in [0.25, 0.3) is 0 Å². The number of urea groups is 1. The summed E-state index contributed by atoms with van der Waals surface area (Å²) in [5.74, 6) is 1.45. The number of hydrogen-bond donors (Lipinski definition) is 3. The normalized spacial score (nSPS) is 13.4. The van der Waals surface area contributed by atoms with Gasteiger partial charge in [-0.25, -0.2) is 4.79 Å². The van der Waals surface area contributed by atoms with Crippen molar-refractivity contribution in [3.8, 4) is 17.2 Å². The zero-order chi connectivity index (χ0) is 22.3. The number of aromatic hydroxyl groups is 1. The summed E-state index contributed by atoms with van der Waals surface area (Å²) in [6, 6.07) is 20.8. The van der Waals surface area contributed by atoms with Crippen molar-refractivity contribution < 1.29 is 19.4 Å². The number of phenols is 1. The second-order valence-corrected chi connectivity index (χ2v) is 7.82. The van der Waals surface area contributed by atoms with Crippen LogP contribution < -0.4 is 20.1 Å². The minimum atomic E-state index is -0.266. The fraction of sp³-hybridized carbons (Fsp3) is 0.269. The molecule has 1 atom stereocenters. The molecule has 0 radical (unpaired) electrons. The predicted molar refractivity (Wildman–Crippen MR) is 123 cm³/mol. The topological polar surface area (TPSA) is 79.8 Å². The molecule has 1 aliphatic rings. The molecule has 32 heavy (non-hydrogen) atoms. The van der Waals surface area contributed by atoms with E-state index in [1.165, 1.54) is 12.7 Å². The molecule has 1 unspecified atom stereocenters. The lowest BCUT2D eigenvalue weighted by atomic mass is 9.95. The van der Waals surface area contributed by atoms with Gasteiger partial charge in [-0.3, -0.25) is 0 Å². The third-order valence-electron chi connectivity index (χ3n) is 5.62. The molecule has 0 spiro atoms. The molecule has 0 saturated carbocycles. The molecule has 3 N–H and O–H groups in total. The van der Waals surface area contributed by atoms with E-state index in [4.69, 9.17) is 9.47 Å². The fourth-order valence-corrected chi connectivity index (χ4v) is 3.94. The fourth-order valence-electron chi connectivity index (χ4n) is 3.94. The summed E-state index contributed by atoms with van der Waals surface area (Å²) in [5, 5.41) is 15.8. The first-order chi connectivity index (χ1) is 15.6. The van der Waals surface area contributed by atoms with E-state index in [0.717, 1.165) is 41.9 Å². The Morgan fingerprint density at radius 1 is 1.09 bits per heavy atom. The number of phenolic OH excluding ortho intramolecular Hbond substituents is 1. The summed E-state index contributed by atoms with van der Waals surface area (Å²) < 4.78 is 10.9. The van der Waals surface area contributed by atoms with Crippen molar-refractivity contribution in [2.24, 2.45) is 0 Å². The molecule has 0 bridgehead atoms. The summed E-state index contributed by atoms with van der Waals surface area (Å²) in [6.45, 7) is 1.21. The van der Waals surface area contributed by atoms with E-state index in [1.54, 1.807) is 12.1 Å². The van der Waals surface area contributed by atoms with Gasteiger partial charge in [0.15, 0.2) is 11.5 Å². The standard InChI is InChI=1S/C26H28N2O4/c1-31-24-16-18(9-11-22(24)29)13-14-27-26(30)28-25(19-6-3-2-4-7-19)21-10-12-23-20(17-21)8-5-15-32-23/h2-4,6-7,9-12,16-17,25,29H,5,8,13-15H2,1H3,(H2,27,28,30). The number of nitrogens with one attached hydrogen (secondary N) is 2. The number of methoxy groups -OCH3 is 1. The Balaban J connectivity index is 1.44. The molecule has 0 fully saturated rings. The summed E-state index contributed by atoms with van der Waals surface area (Å²) in [5.41, 5.74) is 4.19. The van der Waals surface area contributed by atoms with Crippen LogP contribution in [0.1, 0.15) is 34.7 Å². The van der Waals surface area contributed by atoms with Crippen molar-refractivity contribution in [1.82, 2.24) is 10.6 Å². The largest absolute Gasteiger partial charge is 0.504 e. The Labute approximate surface area is 188 Å². The molecule has 0 saturated heterocycles. The average molecular weight is 433 g/mol. The third kappa shape index (κ3) is 5.14. The number of rotatable bonds is 7. The highest BCUT2D eigenvalue weighted by Gasteiger charge is 2.19. The monoisotopic (exact) mass is 432 g/mol. The van der Waals surface area contributed by atoms with E-state index in [9.17, 15) is 9.90 Å². The number of ether oxygens (including phenoxy) is 2. The highest BCUT2D eigenvalue weighted by molar-refractivity contribution is 5.75. The van der Waals surface area contributed by atoms with Gasteiger partial charge in [0.1, 0.15) is 5.75 Å². The van der Waals surface area contributed by atoms with Gasteiger partial charge in [-0.15, -0.1) is 0 Å². The molecule has 0 aliphatic carbocycles. The third-order valence-corrected chi connectivity index (χ3v) is 5.62. The maximum atomic E-state index is 12.7. The predicted octanol–water partition coefficient (Wildman–Crippen LogP) is 4.36. The van der Waals surface area contributed by atoms with Gasteiger partial charge in [0.2, 0.25) is 0 Å². The van der Waals surface area contributed by atoms with Crippen LogP contribution in [0.4, 0.5) is 4.79 Å². The van der Waals surface area contributed by atoms with E-state index in [-0.39, 0.29) is 17.8 Å². The minimum absolute atomic E-state index is 0.100. The first-order valence-corrected chi connectivity index (χ1v) is 10.8. The number of hydrogen-bond acceptors (Lipinski definition) is 4. The van der Waals surface area contributed by atoms with E-state index >= 15 is 0 Å². The van der Waals surface area contributed by atoms with Crippen LogP contribution in [-0.2, 0) is 12.8 Å². The molecule has 3 aromatic rings. The van der Waals surface area contributed by atoms with Crippen molar-refractivity contribution in [3.63, 3.8) is 0 Å². The van der Waals surface area contributed by atoms with Crippen molar-refractivity contribution in [3.05, 3.63) is 89.0 Å². The molecule has 3 aromatic carbocycles. The minimum Gasteiger partial charge on any atom is -0.504 e. The van der Waals surface area contributed by atoms with E-state index in [1.807, 2.05) is 48.5 Å². The molecule has 0 aromatic heterocycles. The second kappa shape index (κ2) is 10.1. The van der Waals surface area contributed by atoms with E-state index in [2.05, 4.69) is 16.7 Å². The van der Waals surface area contributed by atoms with Crippen molar-refractivity contribution in [1.29, 1.82) is 0 Å². The first-order valence-electron chi connectivity index (χ1n) is 10.8. The number of carbonyl (C=O) groups is 1. The number of fused-ring (bicyclic) bond motifs is 1. The SMILES string of the molecule is COc1cc(CCNC(=O)NC(c2ccccc2)c2ccc3c(c2)CCCO3)ccc1O. The lowest BCUT2D eigenvalue weighted by Gasteiger charge is -2.23. The molecule has 166 valence electrons. The summed E-state index contributed by atoms with van der Waals surface area (Å²) in [6.07, 6.45) is 2.60. The van der Waals surface area contributed by atoms with Crippen LogP contribution in [0.5, 0.6) is 17.2 Å². The number of aryl methyl sites for hydroxylation is 1. The lowest BCUT2D eigenvalue weighted by molar-refractivity contribution is 0.239. The van der Waals surface area contributed by atoms with Gasteiger partial charge in [-0.05, 0) is 65.8 Å². The maximum absolute atomic E-state index is 12.7. The molecular weight excluding hydrogens is 404 g/mol. The van der Waals surface area contributed by atoms with Crippen LogP contribution >= 0.6 is 0 Å². The number of carbonyl (C=O) groups excluding carboxylic acids is 1. The van der Waals surface area contributed by atoms with E-state index in [0.29, 0.717) is 18.7 Å². The van der Waals surface area contributed by atoms with Crippen LogP contribution in [0.25, 0.3) is 0 Å². The molecule has 1 heterocycles. The zero-order valence-corrected chi connectivity index (χ0v) is 18.1. The first kappa shape index (κ1) is 21.6. The van der Waals surface area contributed by atoms with Crippen LogP contribution in [0, 0.1) is 0 Å². The molecule has 4 rings (SSSR count). The Hall–Kier alpha value is -3.67. The molecule has 6 nitrogen and oxygen atoms in total. The highest BCUT2D eigenvalue weighted by Crippen LogP contribution is 2.30. The van der Waals surface area contributed by atoms with E-state index < -0.39 is 0 Å². The molecule has 6 heteroatoms. The second-order valence-electron chi connectivity index (χ2n) is 7.82. The highest BCUT2D eigenvalue weighted by atomic mass is 16.5. The van der Waals surface area contributed by atoms with Crippen LogP contribution in [-0.4, -0.2) is 31.4 Å². The number of amides is 2. The van der Waals surface area contributed by atoms with Crippen molar-refractivity contribution >= 4 is 6.03 Å². The van der Waals surface area contributed by atoms with Gasteiger partial charge in [0, 0.05) is 6.54 Å². The van der Waals surface area contributed by atoms with Gasteiger partial charge in [-0.1, -0.05) is 42.5 Å². The molecule has 2 amide bonds. The Kier molecular flexibility index (Phi) is 6.80.